The molecule has 0 aliphatic heterocycles. The number of nitriles is 1. The molecule has 0 amide bonds. The molecule has 0 aliphatic carbocycles. The molecule has 0 heterocycles. The summed E-state index contributed by atoms with van der Waals surface area (Å²) in [5.74, 6) is -0.153. The van der Waals surface area contributed by atoms with Crippen molar-refractivity contribution in [3.63, 3.8) is 0 Å². The van der Waals surface area contributed by atoms with Crippen LogP contribution in [0.2, 0.25) is 0 Å². The molecular weight excluding hydrogens is 281 g/mol. The first kappa shape index (κ1) is 17.3. The third-order valence-corrected chi connectivity index (χ3v) is 2.87. The van der Waals surface area contributed by atoms with Crippen molar-refractivity contribution in [1.82, 2.24) is 5.32 Å². The van der Waals surface area contributed by atoms with Crippen molar-refractivity contribution in [3.8, 4) is 11.8 Å². The zero-order chi connectivity index (χ0) is 15.7. The van der Waals surface area contributed by atoms with Gasteiger partial charge in [0.15, 0.2) is 0 Å². The topological polar surface area (TPSA) is 45.0 Å². The average Bonchev–Trinajstić information content (AvgIpc) is 2.44. The Morgan fingerprint density at radius 1 is 1.29 bits per heavy atom. The van der Waals surface area contributed by atoms with Crippen molar-refractivity contribution < 1.29 is 17.9 Å². The summed E-state index contributed by atoms with van der Waals surface area (Å²) < 4.78 is 44.3. The number of alkyl halides is 3. The molecule has 1 N–H and O–H groups in total. The van der Waals surface area contributed by atoms with Crippen molar-refractivity contribution in [2.45, 2.75) is 38.9 Å². The molecule has 0 saturated heterocycles. The van der Waals surface area contributed by atoms with Gasteiger partial charge < -0.3 is 10.1 Å². The average molecular weight is 300 g/mol. The smallest absolute Gasteiger partial charge is 0.419 e. The van der Waals surface area contributed by atoms with Crippen LogP contribution in [0.5, 0.6) is 5.75 Å². The van der Waals surface area contributed by atoms with Gasteiger partial charge in [0.25, 0.3) is 0 Å². The third-order valence-electron chi connectivity index (χ3n) is 2.87. The van der Waals surface area contributed by atoms with Gasteiger partial charge in [-0.05, 0) is 37.1 Å². The van der Waals surface area contributed by atoms with Crippen LogP contribution in [-0.2, 0) is 12.7 Å². The normalized spacial score (nSPS) is 11.2. The van der Waals surface area contributed by atoms with Gasteiger partial charge in [-0.15, -0.1) is 0 Å². The molecule has 1 rings (SSSR count). The van der Waals surface area contributed by atoms with Gasteiger partial charge in [0.1, 0.15) is 5.75 Å². The van der Waals surface area contributed by atoms with Crippen molar-refractivity contribution in [1.29, 1.82) is 5.26 Å². The van der Waals surface area contributed by atoms with E-state index in [-0.39, 0.29) is 12.4 Å². The number of unbranched alkanes of at least 4 members (excludes halogenated alkanes) is 2. The number of hydrogen-bond donors (Lipinski definition) is 1. The quantitative estimate of drug-likeness (QED) is 0.741. The molecule has 1 aromatic rings. The van der Waals surface area contributed by atoms with E-state index in [0.717, 1.165) is 6.07 Å². The lowest BCUT2D eigenvalue weighted by Gasteiger charge is -2.15. The molecule has 21 heavy (non-hydrogen) atoms. The maximum atomic E-state index is 13.0. The van der Waals surface area contributed by atoms with Crippen LogP contribution in [0, 0.1) is 11.3 Å². The molecule has 0 unspecified atom stereocenters. The molecule has 3 nitrogen and oxygen atoms in total. The Labute approximate surface area is 122 Å². The van der Waals surface area contributed by atoms with Crippen LogP contribution in [0.3, 0.4) is 0 Å². The Balaban J connectivity index is 2.75. The van der Waals surface area contributed by atoms with Gasteiger partial charge >= 0.3 is 6.18 Å². The predicted molar refractivity (Wildman–Crippen MR) is 73.8 cm³/mol. The molecule has 0 atom stereocenters. The van der Waals surface area contributed by atoms with Crippen LogP contribution in [0.25, 0.3) is 0 Å². The molecule has 116 valence electrons. The van der Waals surface area contributed by atoms with Gasteiger partial charge in [0, 0.05) is 13.0 Å². The molecule has 0 radical (unpaired) electrons. The van der Waals surface area contributed by atoms with Gasteiger partial charge in [-0.2, -0.15) is 18.4 Å². The van der Waals surface area contributed by atoms with E-state index in [9.17, 15) is 13.2 Å². The Bertz CT molecular complexity index is 481. The number of benzene rings is 1. The first-order chi connectivity index (χ1) is 9.99. The third kappa shape index (κ3) is 6.05. The van der Waals surface area contributed by atoms with Crippen LogP contribution in [-0.4, -0.2) is 13.2 Å². The summed E-state index contributed by atoms with van der Waals surface area (Å²) in [6, 6.07) is 6.09. The number of nitrogens with zero attached hydrogens (tertiary/aromatic N) is 1. The zero-order valence-corrected chi connectivity index (χ0v) is 12.0. The van der Waals surface area contributed by atoms with E-state index < -0.39 is 11.7 Å². The lowest BCUT2D eigenvalue weighted by molar-refractivity contribution is -0.139. The Hall–Kier alpha value is -1.74. The van der Waals surface area contributed by atoms with E-state index in [2.05, 4.69) is 5.32 Å². The predicted octanol–water partition coefficient (Wildman–Crippen LogP) is 3.89. The van der Waals surface area contributed by atoms with E-state index >= 15 is 0 Å². The maximum absolute atomic E-state index is 13.0. The minimum atomic E-state index is -4.44. The van der Waals surface area contributed by atoms with Crippen molar-refractivity contribution in [3.05, 3.63) is 29.3 Å². The van der Waals surface area contributed by atoms with Gasteiger partial charge in [-0.3, -0.25) is 0 Å². The lowest BCUT2D eigenvalue weighted by atomic mass is 10.1. The van der Waals surface area contributed by atoms with Gasteiger partial charge in [0.05, 0.1) is 18.2 Å². The summed E-state index contributed by atoms with van der Waals surface area (Å²) in [4.78, 5) is 0. The minimum absolute atomic E-state index is 0.153. The fourth-order valence-corrected chi connectivity index (χ4v) is 1.79. The van der Waals surface area contributed by atoms with E-state index in [1.165, 1.54) is 6.07 Å². The van der Waals surface area contributed by atoms with E-state index in [1.807, 2.05) is 13.0 Å². The SMILES string of the molecule is CCNCc1ccc(OCCCCC#N)c(C(F)(F)F)c1. The maximum Gasteiger partial charge on any atom is 0.419 e. The van der Waals surface area contributed by atoms with Crippen LogP contribution >= 0.6 is 0 Å². The number of ether oxygens (including phenoxy) is 1. The largest absolute Gasteiger partial charge is 0.493 e. The second kappa shape index (κ2) is 8.53. The van der Waals surface area contributed by atoms with Crippen LogP contribution in [0.15, 0.2) is 18.2 Å². The van der Waals surface area contributed by atoms with E-state index in [4.69, 9.17) is 10.00 Å². The summed E-state index contributed by atoms with van der Waals surface area (Å²) in [7, 11) is 0. The highest BCUT2D eigenvalue weighted by Crippen LogP contribution is 2.37. The van der Waals surface area contributed by atoms with Crippen LogP contribution < -0.4 is 10.1 Å². The molecule has 6 heteroatoms. The summed E-state index contributed by atoms with van der Waals surface area (Å²) in [5.41, 5.74) is -0.181. The monoisotopic (exact) mass is 300 g/mol. The number of rotatable bonds is 8. The van der Waals surface area contributed by atoms with Gasteiger partial charge in [0.2, 0.25) is 0 Å². The van der Waals surface area contributed by atoms with Gasteiger partial charge in [-0.25, -0.2) is 0 Å². The molecular formula is C15H19F3N2O. The molecule has 0 bridgehead atoms. The van der Waals surface area contributed by atoms with Gasteiger partial charge in [-0.1, -0.05) is 13.0 Å². The molecule has 1 aromatic carbocycles. The standard InChI is InChI=1S/C15H19F3N2O/c1-2-20-11-12-6-7-14(13(10-12)15(16,17)18)21-9-5-3-4-8-19/h6-7,10,20H,2-5,9,11H2,1H3. The van der Waals surface area contributed by atoms with Crippen molar-refractivity contribution in [2.24, 2.45) is 0 Å². The summed E-state index contributed by atoms with van der Waals surface area (Å²) in [6.07, 6.45) is -2.87. The molecule has 0 aromatic heterocycles. The number of halogens is 3. The molecule has 0 saturated carbocycles. The van der Waals surface area contributed by atoms with Crippen molar-refractivity contribution >= 4 is 0 Å². The Kier molecular flexibility index (Phi) is 7.03. The van der Waals surface area contributed by atoms with Crippen LogP contribution in [0.4, 0.5) is 13.2 Å². The number of hydrogen-bond acceptors (Lipinski definition) is 3. The summed E-state index contributed by atoms with van der Waals surface area (Å²) in [6.45, 7) is 3.15. The van der Waals surface area contributed by atoms with Crippen LogP contribution in [0.1, 0.15) is 37.3 Å². The molecule has 0 fully saturated rings. The summed E-state index contributed by atoms with van der Waals surface area (Å²) in [5, 5.41) is 11.4. The first-order valence-electron chi connectivity index (χ1n) is 6.89. The lowest BCUT2D eigenvalue weighted by Crippen LogP contribution is -2.14. The Morgan fingerprint density at radius 3 is 2.67 bits per heavy atom. The minimum Gasteiger partial charge on any atom is -0.493 e. The second-order valence-electron chi connectivity index (χ2n) is 4.57. The van der Waals surface area contributed by atoms with Crippen molar-refractivity contribution in [2.75, 3.05) is 13.2 Å². The highest BCUT2D eigenvalue weighted by atomic mass is 19.4. The number of nitrogens with one attached hydrogen (secondary N) is 1. The zero-order valence-electron chi connectivity index (χ0n) is 12.0. The fourth-order valence-electron chi connectivity index (χ4n) is 1.79. The molecule has 0 spiro atoms. The van der Waals surface area contributed by atoms with E-state index in [1.54, 1.807) is 6.07 Å². The fraction of sp³-hybridized carbons (Fsp3) is 0.533. The second-order valence-corrected chi connectivity index (χ2v) is 4.57. The highest BCUT2D eigenvalue weighted by molar-refractivity contribution is 5.39. The summed E-state index contributed by atoms with van der Waals surface area (Å²) >= 11 is 0. The molecule has 0 aliphatic rings. The van der Waals surface area contributed by atoms with E-state index in [0.29, 0.717) is 37.9 Å². The Morgan fingerprint density at radius 2 is 2.05 bits per heavy atom. The first-order valence-corrected chi connectivity index (χ1v) is 6.89. The highest BCUT2D eigenvalue weighted by Gasteiger charge is 2.34.